The molecule has 3 rings (SSSR count). The van der Waals surface area contributed by atoms with Gasteiger partial charge in [-0.25, -0.2) is 4.98 Å². The third-order valence-corrected chi connectivity index (χ3v) is 3.97. The van der Waals surface area contributed by atoms with Gasteiger partial charge in [0.1, 0.15) is 6.10 Å². The smallest absolute Gasteiger partial charge is 0.216 e. The second-order valence-electron chi connectivity index (χ2n) is 5.57. The van der Waals surface area contributed by atoms with Crippen LogP contribution in [0.4, 0.5) is 0 Å². The van der Waals surface area contributed by atoms with Crippen molar-refractivity contribution in [2.24, 2.45) is 7.05 Å². The van der Waals surface area contributed by atoms with E-state index in [0.29, 0.717) is 0 Å². The lowest BCUT2D eigenvalue weighted by Gasteiger charge is -2.31. The van der Waals surface area contributed by atoms with Gasteiger partial charge in [0.25, 0.3) is 0 Å². The van der Waals surface area contributed by atoms with E-state index in [4.69, 9.17) is 4.74 Å². The molecular weight excluding hydrogens is 266 g/mol. The molecule has 0 saturated carbocycles. The summed E-state index contributed by atoms with van der Waals surface area (Å²) in [7, 11) is 1.93. The summed E-state index contributed by atoms with van der Waals surface area (Å²) in [6, 6.07) is 3.97. The third-order valence-electron chi connectivity index (χ3n) is 3.97. The minimum absolute atomic E-state index is 0.263. The molecule has 0 N–H and O–H groups in total. The van der Waals surface area contributed by atoms with Gasteiger partial charge >= 0.3 is 0 Å². The molecule has 0 aliphatic carbocycles. The molecule has 6 heteroatoms. The predicted octanol–water partition coefficient (Wildman–Crippen LogP) is 1.56. The number of aryl methyl sites for hydroxylation is 2. The number of likely N-dealkylation sites (tertiary alicyclic amines) is 1. The lowest BCUT2D eigenvalue weighted by atomic mass is 10.1. The first-order chi connectivity index (χ1) is 10.2. The van der Waals surface area contributed by atoms with Crippen LogP contribution in [-0.2, 0) is 13.6 Å². The Balaban J connectivity index is 1.51. The molecule has 6 nitrogen and oxygen atoms in total. The highest BCUT2D eigenvalue weighted by Crippen LogP contribution is 2.20. The van der Waals surface area contributed by atoms with E-state index in [0.717, 1.165) is 49.6 Å². The molecule has 1 fully saturated rings. The van der Waals surface area contributed by atoms with Gasteiger partial charge in [-0.3, -0.25) is 9.58 Å². The van der Waals surface area contributed by atoms with Crippen molar-refractivity contribution in [1.29, 1.82) is 0 Å². The SMILES string of the molecule is Cc1cccnc1OC1CCN(Cc2cnnn2C)CC1. The molecule has 0 unspecified atom stereocenters. The van der Waals surface area contributed by atoms with Gasteiger partial charge in [0.05, 0.1) is 11.9 Å². The fraction of sp³-hybridized carbons (Fsp3) is 0.533. The zero-order valence-corrected chi connectivity index (χ0v) is 12.6. The first-order valence-electron chi connectivity index (χ1n) is 7.36. The summed E-state index contributed by atoms with van der Waals surface area (Å²) in [6.45, 7) is 5.00. The monoisotopic (exact) mass is 287 g/mol. The fourth-order valence-corrected chi connectivity index (χ4v) is 2.62. The number of hydrogen-bond acceptors (Lipinski definition) is 5. The lowest BCUT2D eigenvalue weighted by molar-refractivity contribution is 0.0914. The van der Waals surface area contributed by atoms with Crippen LogP contribution in [-0.4, -0.2) is 44.1 Å². The summed E-state index contributed by atoms with van der Waals surface area (Å²) < 4.78 is 7.86. The molecule has 1 aliphatic rings. The van der Waals surface area contributed by atoms with Crippen molar-refractivity contribution in [3.05, 3.63) is 35.8 Å². The van der Waals surface area contributed by atoms with E-state index in [1.807, 2.05) is 37.0 Å². The van der Waals surface area contributed by atoms with Gasteiger partial charge in [-0.05, 0) is 25.8 Å². The van der Waals surface area contributed by atoms with Gasteiger partial charge in [-0.15, -0.1) is 5.10 Å². The van der Waals surface area contributed by atoms with Crippen molar-refractivity contribution in [3.8, 4) is 5.88 Å². The largest absolute Gasteiger partial charge is 0.474 e. The van der Waals surface area contributed by atoms with Crippen molar-refractivity contribution in [1.82, 2.24) is 24.9 Å². The molecule has 0 radical (unpaired) electrons. The molecule has 112 valence electrons. The summed E-state index contributed by atoms with van der Waals surface area (Å²) >= 11 is 0. The van der Waals surface area contributed by atoms with E-state index in [1.165, 1.54) is 0 Å². The Bertz CT molecular complexity index is 589. The maximum Gasteiger partial charge on any atom is 0.216 e. The molecule has 2 aromatic heterocycles. The number of aromatic nitrogens is 4. The highest BCUT2D eigenvalue weighted by molar-refractivity contribution is 5.23. The van der Waals surface area contributed by atoms with E-state index in [-0.39, 0.29) is 6.10 Å². The molecular formula is C15H21N5O. The second-order valence-corrected chi connectivity index (χ2v) is 5.57. The Morgan fingerprint density at radius 3 is 2.81 bits per heavy atom. The van der Waals surface area contributed by atoms with Gasteiger partial charge in [-0.1, -0.05) is 11.3 Å². The van der Waals surface area contributed by atoms with Crippen LogP contribution in [0.2, 0.25) is 0 Å². The van der Waals surface area contributed by atoms with Crippen molar-refractivity contribution in [3.63, 3.8) is 0 Å². The molecule has 0 atom stereocenters. The summed E-state index contributed by atoms with van der Waals surface area (Å²) in [5, 5.41) is 7.89. The molecule has 0 bridgehead atoms. The third kappa shape index (κ3) is 3.39. The Morgan fingerprint density at radius 2 is 2.14 bits per heavy atom. The molecule has 1 aliphatic heterocycles. The highest BCUT2D eigenvalue weighted by Gasteiger charge is 2.22. The average molecular weight is 287 g/mol. The van der Waals surface area contributed by atoms with E-state index in [2.05, 4.69) is 20.2 Å². The molecule has 1 saturated heterocycles. The maximum atomic E-state index is 6.03. The standard InChI is InChI=1S/C15H21N5O/c1-12-4-3-7-16-15(12)21-14-5-8-20(9-6-14)11-13-10-17-18-19(13)2/h3-4,7,10,14H,5-6,8-9,11H2,1-2H3. The summed E-state index contributed by atoms with van der Waals surface area (Å²) in [6.07, 6.45) is 5.94. The highest BCUT2D eigenvalue weighted by atomic mass is 16.5. The quantitative estimate of drug-likeness (QED) is 0.854. The van der Waals surface area contributed by atoms with Crippen molar-refractivity contribution >= 4 is 0 Å². The Hall–Kier alpha value is -1.95. The van der Waals surface area contributed by atoms with E-state index in [9.17, 15) is 0 Å². The van der Waals surface area contributed by atoms with Crippen LogP contribution < -0.4 is 4.74 Å². The van der Waals surface area contributed by atoms with Crippen molar-refractivity contribution in [2.45, 2.75) is 32.4 Å². The second kappa shape index (κ2) is 6.22. The van der Waals surface area contributed by atoms with Crippen LogP contribution in [0.15, 0.2) is 24.5 Å². The van der Waals surface area contributed by atoms with E-state index < -0.39 is 0 Å². The van der Waals surface area contributed by atoms with Crippen LogP contribution in [0, 0.1) is 6.92 Å². The topological polar surface area (TPSA) is 56.1 Å². The van der Waals surface area contributed by atoms with Crippen LogP contribution in [0.3, 0.4) is 0 Å². The predicted molar refractivity (Wildman–Crippen MR) is 78.9 cm³/mol. The van der Waals surface area contributed by atoms with Crippen LogP contribution in [0.25, 0.3) is 0 Å². The number of pyridine rings is 1. The normalized spacial score (nSPS) is 17.0. The Labute approximate surface area is 124 Å². The van der Waals surface area contributed by atoms with Gasteiger partial charge in [-0.2, -0.15) is 0 Å². The number of piperidine rings is 1. The number of hydrogen-bond donors (Lipinski definition) is 0. The molecule has 21 heavy (non-hydrogen) atoms. The summed E-state index contributed by atoms with van der Waals surface area (Å²) in [4.78, 5) is 6.73. The minimum atomic E-state index is 0.263. The Morgan fingerprint density at radius 1 is 1.33 bits per heavy atom. The van der Waals surface area contributed by atoms with E-state index in [1.54, 1.807) is 6.20 Å². The number of ether oxygens (including phenoxy) is 1. The van der Waals surface area contributed by atoms with Crippen molar-refractivity contribution < 1.29 is 4.74 Å². The van der Waals surface area contributed by atoms with Gasteiger partial charge < -0.3 is 4.74 Å². The lowest BCUT2D eigenvalue weighted by Crippen LogP contribution is -2.38. The van der Waals surface area contributed by atoms with Crippen molar-refractivity contribution in [2.75, 3.05) is 13.1 Å². The van der Waals surface area contributed by atoms with Gasteiger partial charge in [0.15, 0.2) is 0 Å². The van der Waals surface area contributed by atoms with Crippen LogP contribution in [0.5, 0.6) is 5.88 Å². The summed E-state index contributed by atoms with van der Waals surface area (Å²) in [5.41, 5.74) is 2.25. The summed E-state index contributed by atoms with van der Waals surface area (Å²) in [5.74, 6) is 0.770. The fourth-order valence-electron chi connectivity index (χ4n) is 2.62. The maximum absolute atomic E-state index is 6.03. The zero-order valence-electron chi connectivity index (χ0n) is 12.6. The average Bonchev–Trinajstić information content (AvgIpc) is 2.89. The number of rotatable bonds is 4. The molecule has 0 aromatic carbocycles. The van der Waals surface area contributed by atoms with Gasteiger partial charge in [0, 0.05) is 38.4 Å². The first-order valence-corrected chi connectivity index (χ1v) is 7.36. The first kappa shape index (κ1) is 14.0. The zero-order chi connectivity index (χ0) is 14.7. The number of nitrogens with zero attached hydrogens (tertiary/aromatic N) is 5. The van der Waals surface area contributed by atoms with E-state index >= 15 is 0 Å². The molecule has 3 heterocycles. The minimum Gasteiger partial charge on any atom is -0.474 e. The molecule has 0 spiro atoms. The van der Waals surface area contributed by atoms with Crippen LogP contribution >= 0.6 is 0 Å². The molecule has 0 amide bonds. The molecule has 2 aromatic rings. The Kier molecular flexibility index (Phi) is 4.15. The van der Waals surface area contributed by atoms with Gasteiger partial charge in [0.2, 0.25) is 5.88 Å². The van der Waals surface area contributed by atoms with Crippen LogP contribution in [0.1, 0.15) is 24.1 Å².